The zero-order valence-electron chi connectivity index (χ0n) is 9.67. The summed E-state index contributed by atoms with van der Waals surface area (Å²) in [5.74, 6) is -4.03. The van der Waals surface area contributed by atoms with Crippen LogP contribution in [0.4, 0.5) is 17.6 Å². The van der Waals surface area contributed by atoms with Crippen molar-refractivity contribution in [1.82, 2.24) is 9.97 Å². The highest BCUT2D eigenvalue weighted by molar-refractivity contribution is 5.09. The Morgan fingerprint density at radius 3 is 2.61 bits per heavy atom. The topological polar surface area (TPSA) is 61.0 Å². The Labute approximate surface area is 101 Å². The second kappa shape index (κ2) is 6.05. The first kappa shape index (κ1) is 14.8. The lowest BCUT2D eigenvalue weighted by atomic mass is 10.3. The molecule has 1 aromatic heterocycles. The number of aryl methyl sites for hydroxylation is 1. The van der Waals surface area contributed by atoms with E-state index in [1.807, 2.05) is 0 Å². The van der Waals surface area contributed by atoms with Gasteiger partial charge >= 0.3 is 12.3 Å². The Hall–Kier alpha value is -1.28. The first-order valence-electron chi connectivity index (χ1n) is 5.12. The fourth-order valence-electron chi connectivity index (χ4n) is 1.21. The number of rotatable bonds is 6. The molecule has 18 heavy (non-hydrogen) atoms. The smallest absolute Gasteiger partial charge is 0.330 e. The molecule has 0 unspecified atom stereocenters. The van der Waals surface area contributed by atoms with Crippen LogP contribution in [0.5, 0.6) is 0 Å². The molecule has 0 saturated heterocycles. The maximum Gasteiger partial charge on any atom is 0.330 e. The second-order valence-corrected chi connectivity index (χ2v) is 3.68. The van der Waals surface area contributed by atoms with E-state index in [0.29, 0.717) is 11.4 Å². The van der Waals surface area contributed by atoms with Gasteiger partial charge in [0.1, 0.15) is 13.2 Å². The maximum atomic E-state index is 12.5. The van der Waals surface area contributed by atoms with Gasteiger partial charge in [0.05, 0.1) is 5.69 Å². The van der Waals surface area contributed by atoms with Crippen LogP contribution in [0, 0.1) is 6.92 Å². The van der Waals surface area contributed by atoms with Crippen LogP contribution < -0.4 is 5.73 Å². The van der Waals surface area contributed by atoms with E-state index >= 15 is 0 Å². The third-order valence-electron chi connectivity index (χ3n) is 2.01. The molecule has 1 heterocycles. The van der Waals surface area contributed by atoms with E-state index in [9.17, 15) is 17.6 Å². The van der Waals surface area contributed by atoms with Crippen molar-refractivity contribution in [3.05, 3.63) is 23.3 Å². The molecular weight excluding hydrogens is 254 g/mol. The van der Waals surface area contributed by atoms with Gasteiger partial charge in [0, 0.05) is 12.2 Å². The van der Waals surface area contributed by atoms with Crippen molar-refractivity contribution in [3.8, 4) is 0 Å². The molecule has 1 aromatic rings. The third kappa shape index (κ3) is 4.19. The number of hydrogen-bond acceptors (Lipinski definition) is 4. The van der Waals surface area contributed by atoms with Gasteiger partial charge < -0.3 is 10.5 Å². The van der Waals surface area contributed by atoms with Crippen LogP contribution in [-0.4, -0.2) is 28.9 Å². The van der Waals surface area contributed by atoms with Crippen LogP contribution in [0.25, 0.3) is 0 Å². The SMILES string of the molecule is Cc1cc(CN)nc(COCC(F)(F)C(F)F)n1. The standard InChI is InChI=1S/C10H13F4N3O/c1-6-2-7(3-15)17-8(16-6)4-18-5-10(13,14)9(11)12/h2,9H,3-5,15H2,1H3. The number of ether oxygens (including phenoxy) is 1. The van der Waals surface area contributed by atoms with Crippen LogP contribution in [-0.2, 0) is 17.9 Å². The van der Waals surface area contributed by atoms with Crippen molar-refractivity contribution in [2.75, 3.05) is 6.61 Å². The number of halogens is 4. The second-order valence-electron chi connectivity index (χ2n) is 3.68. The maximum absolute atomic E-state index is 12.5. The highest BCUT2D eigenvalue weighted by atomic mass is 19.3. The van der Waals surface area contributed by atoms with Gasteiger partial charge in [-0.15, -0.1) is 0 Å². The summed E-state index contributed by atoms with van der Waals surface area (Å²) in [6.45, 7) is 0.110. The van der Waals surface area contributed by atoms with Crippen LogP contribution in [0.15, 0.2) is 6.07 Å². The van der Waals surface area contributed by atoms with Gasteiger partial charge in [0.2, 0.25) is 0 Å². The zero-order chi connectivity index (χ0) is 13.8. The van der Waals surface area contributed by atoms with Gasteiger partial charge in [-0.2, -0.15) is 8.78 Å². The van der Waals surface area contributed by atoms with Gasteiger partial charge in [0.15, 0.2) is 5.82 Å². The van der Waals surface area contributed by atoms with Gasteiger partial charge in [-0.25, -0.2) is 18.7 Å². The molecule has 4 nitrogen and oxygen atoms in total. The Morgan fingerprint density at radius 1 is 1.39 bits per heavy atom. The molecule has 0 saturated carbocycles. The van der Waals surface area contributed by atoms with E-state index in [1.54, 1.807) is 13.0 Å². The van der Waals surface area contributed by atoms with Gasteiger partial charge in [-0.05, 0) is 13.0 Å². The largest absolute Gasteiger partial charge is 0.367 e. The average molecular weight is 267 g/mol. The predicted molar refractivity (Wildman–Crippen MR) is 55.3 cm³/mol. The summed E-state index contributed by atoms with van der Waals surface area (Å²) >= 11 is 0. The van der Waals surface area contributed by atoms with E-state index in [0.717, 1.165) is 0 Å². The minimum Gasteiger partial charge on any atom is -0.367 e. The van der Waals surface area contributed by atoms with Crippen molar-refractivity contribution in [1.29, 1.82) is 0 Å². The molecule has 0 radical (unpaired) electrons. The molecule has 0 atom stereocenters. The molecule has 0 fully saturated rings. The minimum absolute atomic E-state index is 0.139. The number of nitrogens with two attached hydrogens (primary N) is 1. The summed E-state index contributed by atoms with van der Waals surface area (Å²) in [5.41, 5.74) is 6.51. The summed E-state index contributed by atoms with van der Waals surface area (Å²) in [4.78, 5) is 7.85. The van der Waals surface area contributed by atoms with E-state index in [2.05, 4.69) is 14.7 Å². The predicted octanol–water partition coefficient (Wildman–Crippen LogP) is 1.66. The normalized spacial score (nSPS) is 12.2. The Balaban J connectivity index is 2.56. The fourth-order valence-corrected chi connectivity index (χ4v) is 1.21. The summed E-state index contributed by atoms with van der Waals surface area (Å²) < 4.78 is 53.3. The first-order chi connectivity index (χ1) is 8.35. The quantitative estimate of drug-likeness (QED) is 0.796. The van der Waals surface area contributed by atoms with Gasteiger partial charge in [-0.3, -0.25) is 0 Å². The van der Waals surface area contributed by atoms with E-state index in [4.69, 9.17) is 5.73 Å². The van der Waals surface area contributed by atoms with Crippen LogP contribution in [0.2, 0.25) is 0 Å². The first-order valence-corrected chi connectivity index (χ1v) is 5.12. The summed E-state index contributed by atoms with van der Waals surface area (Å²) in [5, 5.41) is 0. The van der Waals surface area contributed by atoms with Crippen LogP contribution in [0.3, 0.4) is 0 Å². The van der Waals surface area contributed by atoms with Crippen molar-refractivity contribution < 1.29 is 22.3 Å². The highest BCUT2D eigenvalue weighted by Gasteiger charge is 2.40. The highest BCUT2D eigenvalue weighted by Crippen LogP contribution is 2.23. The summed E-state index contributed by atoms with van der Waals surface area (Å²) in [6.07, 6.45) is -3.75. The van der Waals surface area contributed by atoms with Gasteiger partial charge in [-0.1, -0.05) is 0 Å². The molecule has 0 aliphatic carbocycles. The third-order valence-corrected chi connectivity index (χ3v) is 2.01. The molecule has 0 aromatic carbocycles. The number of nitrogens with zero attached hydrogens (tertiary/aromatic N) is 2. The molecule has 2 N–H and O–H groups in total. The molecule has 1 rings (SSSR count). The molecule has 0 aliphatic rings. The number of alkyl halides is 4. The monoisotopic (exact) mass is 267 g/mol. The molecular formula is C10H13F4N3O. The molecule has 102 valence electrons. The minimum atomic E-state index is -4.17. The Bertz CT molecular complexity index is 401. The van der Waals surface area contributed by atoms with E-state index in [1.165, 1.54) is 0 Å². The Kier molecular flexibility index (Phi) is 4.97. The van der Waals surface area contributed by atoms with Crippen LogP contribution in [0.1, 0.15) is 17.2 Å². The summed E-state index contributed by atoms with van der Waals surface area (Å²) in [6, 6.07) is 1.64. The molecule has 0 amide bonds. The van der Waals surface area contributed by atoms with Crippen LogP contribution >= 0.6 is 0 Å². The fraction of sp³-hybridized carbons (Fsp3) is 0.600. The van der Waals surface area contributed by atoms with Crippen molar-refractivity contribution in [3.63, 3.8) is 0 Å². The van der Waals surface area contributed by atoms with E-state index < -0.39 is 19.0 Å². The van der Waals surface area contributed by atoms with Gasteiger partial charge in [0.25, 0.3) is 0 Å². The average Bonchev–Trinajstić information content (AvgIpc) is 2.27. The lowest BCUT2D eigenvalue weighted by Gasteiger charge is -2.14. The Morgan fingerprint density at radius 2 is 2.06 bits per heavy atom. The lowest BCUT2D eigenvalue weighted by Crippen LogP contribution is -2.32. The summed E-state index contributed by atoms with van der Waals surface area (Å²) in [7, 11) is 0. The molecule has 0 spiro atoms. The number of aromatic nitrogens is 2. The zero-order valence-corrected chi connectivity index (χ0v) is 9.67. The van der Waals surface area contributed by atoms with E-state index in [-0.39, 0.29) is 19.0 Å². The van der Waals surface area contributed by atoms with Crippen molar-refractivity contribution >= 4 is 0 Å². The van der Waals surface area contributed by atoms with Crippen molar-refractivity contribution in [2.45, 2.75) is 32.4 Å². The molecule has 0 bridgehead atoms. The molecule has 8 heteroatoms. The lowest BCUT2D eigenvalue weighted by molar-refractivity contribution is -0.168. The number of hydrogen-bond donors (Lipinski definition) is 1. The van der Waals surface area contributed by atoms with Crippen molar-refractivity contribution in [2.24, 2.45) is 5.73 Å². The molecule has 0 aliphatic heterocycles.